The molecule has 1 unspecified atom stereocenters. The van der Waals surface area contributed by atoms with Crippen LogP contribution in [0.5, 0.6) is 0 Å². The highest BCUT2D eigenvalue weighted by atomic mass is 32.2. The fourth-order valence-electron chi connectivity index (χ4n) is 2.85. The maximum absolute atomic E-state index is 12.6. The molecule has 2 aromatic rings. The SMILES string of the molecule is CCCC(C)c1cc(NS(=O)(=O)c2ccc(C(C)(C)C(=O)OC)cc2)n[nH]1. The molecule has 148 valence electrons. The van der Waals surface area contributed by atoms with Crippen molar-refractivity contribution in [3.63, 3.8) is 0 Å². The number of esters is 1. The van der Waals surface area contributed by atoms with E-state index in [0.717, 1.165) is 18.5 Å². The first-order valence-corrected chi connectivity index (χ1v) is 10.4. The molecule has 0 bridgehead atoms. The van der Waals surface area contributed by atoms with Crippen LogP contribution >= 0.6 is 0 Å². The van der Waals surface area contributed by atoms with Crippen molar-refractivity contribution in [1.29, 1.82) is 0 Å². The van der Waals surface area contributed by atoms with E-state index in [0.29, 0.717) is 5.56 Å². The molecule has 0 fully saturated rings. The Balaban J connectivity index is 2.19. The van der Waals surface area contributed by atoms with E-state index in [9.17, 15) is 13.2 Å². The van der Waals surface area contributed by atoms with Crippen molar-refractivity contribution < 1.29 is 17.9 Å². The van der Waals surface area contributed by atoms with Gasteiger partial charge in [0.2, 0.25) is 0 Å². The lowest BCUT2D eigenvalue weighted by atomic mass is 9.85. The van der Waals surface area contributed by atoms with Crippen molar-refractivity contribution in [2.45, 2.75) is 56.8 Å². The monoisotopic (exact) mass is 393 g/mol. The lowest BCUT2D eigenvalue weighted by Gasteiger charge is -2.22. The zero-order valence-electron chi connectivity index (χ0n) is 16.4. The number of benzene rings is 1. The first-order chi connectivity index (χ1) is 12.6. The van der Waals surface area contributed by atoms with Gasteiger partial charge in [-0.3, -0.25) is 14.6 Å². The Morgan fingerprint density at radius 1 is 1.30 bits per heavy atom. The Morgan fingerprint density at radius 2 is 1.93 bits per heavy atom. The summed E-state index contributed by atoms with van der Waals surface area (Å²) in [5, 5.41) is 6.93. The maximum Gasteiger partial charge on any atom is 0.315 e. The van der Waals surface area contributed by atoms with Crippen molar-refractivity contribution in [3.8, 4) is 0 Å². The number of methoxy groups -OCH3 is 1. The second-order valence-electron chi connectivity index (χ2n) is 7.14. The van der Waals surface area contributed by atoms with Crippen LogP contribution in [-0.2, 0) is 25.0 Å². The van der Waals surface area contributed by atoms with Crippen molar-refractivity contribution in [1.82, 2.24) is 10.2 Å². The van der Waals surface area contributed by atoms with Gasteiger partial charge < -0.3 is 4.74 Å². The standard InChI is InChI=1S/C19H27N3O4S/c1-6-7-13(2)16-12-17(21-20-16)22-27(24,25)15-10-8-14(9-11-15)19(3,4)18(23)26-5/h8-13H,6-7H2,1-5H3,(H2,20,21,22). The maximum atomic E-state index is 12.6. The third-order valence-corrected chi connectivity index (χ3v) is 6.04. The normalized spacial score (nSPS) is 13.2. The highest BCUT2D eigenvalue weighted by molar-refractivity contribution is 7.92. The van der Waals surface area contributed by atoms with E-state index in [1.165, 1.54) is 19.2 Å². The summed E-state index contributed by atoms with van der Waals surface area (Å²) in [6, 6.07) is 7.88. The first-order valence-electron chi connectivity index (χ1n) is 8.89. The van der Waals surface area contributed by atoms with Crippen LogP contribution in [-0.4, -0.2) is 31.7 Å². The number of aromatic nitrogens is 2. The summed E-state index contributed by atoms with van der Waals surface area (Å²) in [5.74, 6) is 0.147. The van der Waals surface area contributed by atoms with Crippen LogP contribution in [0.1, 0.15) is 57.7 Å². The zero-order valence-corrected chi connectivity index (χ0v) is 17.2. The highest BCUT2D eigenvalue weighted by Crippen LogP contribution is 2.27. The van der Waals surface area contributed by atoms with Gasteiger partial charge >= 0.3 is 5.97 Å². The van der Waals surface area contributed by atoms with Crippen LogP contribution in [0.3, 0.4) is 0 Å². The minimum absolute atomic E-state index is 0.0954. The van der Waals surface area contributed by atoms with E-state index in [1.54, 1.807) is 32.0 Å². The predicted molar refractivity (Wildman–Crippen MR) is 104 cm³/mol. The second-order valence-corrected chi connectivity index (χ2v) is 8.83. The summed E-state index contributed by atoms with van der Waals surface area (Å²) in [6.07, 6.45) is 2.03. The first kappa shape index (κ1) is 21.0. The minimum atomic E-state index is -3.77. The summed E-state index contributed by atoms with van der Waals surface area (Å²) in [6.45, 7) is 7.62. The second kappa shape index (κ2) is 8.12. The Bertz CT molecular complexity index is 886. The number of ether oxygens (including phenoxy) is 1. The largest absolute Gasteiger partial charge is 0.468 e. The summed E-state index contributed by atoms with van der Waals surface area (Å²) < 4.78 is 32.5. The Kier molecular flexibility index (Phi) is 6.30. The van der Waals surface area contributed by atoms with Gasteiger partial charge in [0.25, 0.3) is 10.0 Å². The molecule has 0 aliphatic heterocycles. The fraction of sp³-hybridized carbons (Fsp3) is 0.474. The van der Waals surface area contributed by atoms with E-state index in [1.807, 2.05) is 0 Å². The number of nitrogens with zero attached hydrogens (tertiary/aromatic N) is 1. The number of hydrogen-bond acceptors (Lipinski definition) is 5. The molecule has 0 saturated carbocycles. The average Bonchev–Trinajstić information content (AvgIpc) is 3.09. The number of sulfonamides is 1. The van der Waals surface area contributed by atoms with Gasteiger partial charge in [-0.05, 0) is 43.9 Å². The van der Waals surface area contributed by atoms with E-state index in [4.69, 9.17) is 4.74 Å². The van der Waals surface area contributed by atoms with Gasteiger partial charge in [0, 0.05) is 11.8 Å². The van der Waals surface area contributed by atoms with E-state index >= 15 is 0 Å². The van der Waals surface area contributed by atoms with Crippen molar-refractivity contribution in [2.24, 2.45) is 0 Å². The Labute approximate surface area is 160 Å². The number of aromatic amines is 1. The van der Waals surface area contributed by atoms with Gasteiger partial charge in [-0.15, -0.1) is 0 Å². The molecule has 1 aromatic carbocycles. The van der Waals surface area contributed by atoms with Crippen LogP contribution < -0.4 is 4.72 Å². The molecule has 1 aromatic heterocycles. The molecule has 0 spiro atoms. The number of anilines is 1. The third-order valence-electron chi connectivity index (χ3n) is 4.67. The number of H-pyrrole nitrogens is 1. The van der Waals surface area contributed by atoms with Gasteiger partial charge in [0.05, 0.1) is 17.4 Å². The van der Waals surface area contributed by atoms with E-state index < -0.39 is 15.4 Å². The Morgan fingerprint density at radius 3 is 2.48 bits per heavy atom. The average molecular weight is 394 g/mol. The molecule has 0 aliphatic carbocycles. The lowest BCUT2D eigenvalue weighted by Crippen LogP contribution is -2.30. The molecule has 1 atom stereocenters. The van der Waals surface area contributed by atoms with Gasteiger partial charge in [-0.1, -0.05) is 32.4 Å². The molecule has 0 saturated heterocycles. The van der Waals surface area contributed by atoms with Crippen LogP contribution in [0.2, 0.25) is 0 Å². The van der Waals surface area contributed by atoms with Crippen LogP contribution in [0, 0.1) is 0 Å². The van der Waals surface area contributed by atoms with Crippen LogP contribution in [0.4, 0.5) is 5.82 Å². The molecule has 2 rings (SSSR count). The smallest absolute Gasteiger partial charge is 0.315 e. The molecular weight excluding hydrogens is 366 g/mol. The fourth-order valence-corrected chi connectivity index (χ4v) is 3.84. The number of hydrogen-bond donors (Lipinski definition) is 2. The number of rotatable bonds is 8. The van der Waals surface area contributed by atoms with Crippen molar-refractivity contribution >= 4 is 21.8 Å². The van der Waals surface area contributed by atoms with Gasteiger partial charge in [-0.2, -0.15) is 5.10 Å². The topological polar surface area (TPSA) is 101 Å². The van der Waals surface area contributed by atoms with Gasteiger partial charge in [-0.25, -0.2) is 8.42 Å². The molecule has 1 heterocycles. The molecular formula is C19H27N3O4S. The number of nitrogens with one attached hydrogen (secondary N) is 2. The third kappa shape index (κ3) is 4.68. The molecule has 0 aliphatic rings. The predicted octanol–water partition coefficient (Wildman–Crippen LogP) is 3.56. The molecule has 27 heavy (non-hydrogen) atoms. The molecule has 7 nitrogen and oxygen atoms in total. The van der Waals surface area contributed by atoms with Crippen LogP contribution in [0.15, 0.2) is 35.2 Å². The highest BCUT2D eigenvalue weighted by Gasteiger charge is 2.31. The molecule has 8 heteroatoms. The molecule has 0 radical (unpaired) electrons. The van der Waals surface area contributed by atoms with E-state index in [2.05, 4.69) is 28.8 Å². The molecule has 0 amide bonds. The lowest BCUT2D eigenvalue weighted by molar-refractivity contribution is -0.146. The van der Waals surface area contributed by atoms with E-state index in [-0.39, 0.29) is 22.6 Å². The summed E-state index contributed by atoms with van der Waals surface area (Å²) in [7, 11) is -2.45. The van der Waals surface area contributed by atoms with Crippen molar-refractivity contribution in [3.05, 3.63) is 41.6 Å². The quantitative estimate of drug-likeness (QED) is 0.668. The van der Waals surface area contributed by atoms with Crippen molar-refractivity contribution in [2.75, 3.05) is 11.8 Å². The van der Waals surface area contributed by atoms with Gasteiger partial charge in [0.15, 0.2) is 5.82 Å². The van der Waals surface area contributed by atoms with Crippen LogP contribution in [0.25, 0.3) is 0 Å². The Hall–Kier alpha value is -2.35. The zero-order chi connectivity index (χ0) is 20.2. The number of carbonyl (C=O) groups is 1. The summed E-state index contributed by atoms with van der Waals surface area (Å²) >= 11 is 0. The summed E-state index contributed by atoms with van der Waals surface area (Å²) in [5.41, 5.74) is 0.699. The number of carbonyl (C=O) groups excluding carboxylic acids is 1. The molecule has 2 N–H and O–H groups in total. The van der Waals surface area contributed by atoms with Gasteiger partial charge in [0.1, 0.15) is 0 Å². The summed E-state index contributed by atoms with van der Waals surface area (Å²) in [4.78, 5) is 12.0. The minimum Gasteiger partial charge on any atom is -0.468 e.